The molecule has 1 atom stereocenters. The number of carbonyl (C=O) groups excluding carboxylic acids is 1. The Morgan fingerprint density at radius 2 is 1.88 bits per heavy atom. The number of amides is 1. The number of hydrogen-bond donors (Lipinski definition) is 1. The second kappa shape index (κ2) is 8.53. The zero-order valence-corrected chi connectivity index (χ0v) is 19.5. The van der Waals surface area contributed by atoms with Gasteiger partial charge in [0.15, 0.2) is 0 Å². The summed E-state index contributed by atoms with van der Waals surface area (Å²) in [6.45, 7) is 2.48. The SMILES string of the molecule is C[C@@H]1Cc2ccccc2N1C(=O)C1CCC(CNS(=O)(=O)c2cccc3nsnc23)CC1. The molecule has 1 amide bonds. The number of anilines is 1. The smallest absolute Gasteiger partial charge is 0.242 e. The summed E-state index contributed by atoms with van der Waals surface area (Å²) in [5, 5.41) is 0. The third-order valence-corrected chi connectivity index (χ3v) is 8.74. The number of sulfonamides is 1. The van der Waals surface area contributed by atoms with Crippen LogP contribution in [-0.2, 0) is 21.2 Å². The molecule has 7 nitrogen and oxygen atoms in total. The van der Waals surface area contributed by atoms with Crippen LogP contribution in [0.5, 0.6) is 0 Å². The summed E-state index contributed by atoms with van der Waals surface area (Å²) in [5.74, 6) is 0.445. The fraction of sp³-hybridized carbons (Fsp3) is 0.435. The first-order chi connectivity index (χ1) is 15.4. The highest BCUT2D eigenvalue weighted by Crippen LogP contribution is 2.37. The molecule has 2 aromatic carbocycles. The first kappa shape index (κ1) is 21.5. The molecule has 2 heterocycles. The van der Waals surface area contributed by atoms with Crippen LogP contribution in [0.3, 0.4) is 0 Å². The molecule has 1 saturated carbocycles. The molecule has 168 valence electrons. The monoisotopic (exact) mass is 470 g/mol. The topological polar surface area (TPSA) is 92.3 Å². The molecule has 0 unspecified atom stereocenters. The molecule has 0 spiro atoms. The number of nitrogens with zero attached hydrogens (tertiary/aromatic N) is 3. The van der Waals surface area contributed by atoms with Gasteiger partial charge in [0, 0.05) is 24.2 Å². The summed E-state index contributed by atoms with van der Waals surface area (Å²) < 4.78 is 36.7. The Labute approximate surface area is 192 Å². The van der Waals surface area contributed by atoms with Gasteiger partial charge >= 0.3 is 0 Å². The largest absolute Gasteiger partial charge is 0.309 e. The van der Waals surface area contributed by atoms with E-state index in [-0.39, 0.29) is 28.7 Å². The lowest BCUT2D eigenvalue weighted by Gasteiger charge is -2.32. The van der Waals surface area contributed by atoms with Crippen molar-refractivity contribution in [3.05, 3.63) is 48.0 Å². The second-order valence-corrected chi connectivity index (χ2v) is 11.1. The standard InChI is InChI=1S/C23H26N4O3S2/c1-15-13-18-5-2-3-7-20(18)27(15)23(28)17-11-9-16(10-12-17)14-24-32(29,30)21-8-4-6-19-22(21)26-31-25-19/h2-8,15-17,24H,9-14H2,1H3/t15-,16?,17?/m1/s1. The number of carbonyl (C=O) groups is 1. The Balaban J connectivity index is 1.19. The van der Waals surface area contributed by atoms with Gasteiger partial charge in [0.25, 0.3) is 0 Å². The molecule has 9 heteroatoms. The van der Waals surface area contributed by atoms with E-state index in [4.69, 9.17) is 0 Å². The van der Waals surface area contributed by atoms with Crippen LogP contribution >= 0.6 is 11.7 Å². The Bertz CT molecular complexity index is 1250. The van der Waals surface area contributed by atoms with Crippen LogP contribution in [0.1, 0.15) is 38.2 Å². The number of aromatic nitrogens is 2. The van der Waals surface area contributed by atoms with Crippen molar-refractivity contribution in [2.45, 2.75) is 50.0 Å². The Morgan fingerprint density at radius 1 is 1.09 bits per heavy atom. The van der Waals surface area contributed by atoms with E-state index in [0.717, 1.165) is 49.5 Å². The summed E-state index contributed by atoms with van der Waals surface area (Å²) in [5.41, 5.74) is 3.29. The normalized spacial score (nSPS) is 23.4. The van der Waals surface area contributed by atoms with Gasteiger partial charge in [0.2, 0.25) is 15.9 Å². The highest BCUT2D eigenvalue weighted by atomic mass is 32.2. The number of para-hydroxylation sites is 1. The van der Waals surface area contributed by atoms with Crippen molar-refractivity contribution < 1.29 is 13.2 Å². The molecule has 1 fully saturated rings. The molecule has 1 aliphatic heterocycles. The fourth-order valence-electron chi connectivity index (χ4n) is 5.02. The zero-order chi connectivity index (χ0) is 22.3. The minimum Gasteiger partial charge on any atom is -0.309 e. The van der Waals surface area contributed by atoms with E-state index in [1.165, 1.54) is 5.56 Å². The Morgan fingerprint density at radius 3 is 2.69 bits per heavy atom. The number of hydrogen-bond acceptors (Lipinski definition) is 6. The number of fused-ring (bicyclic) bond motifs is 2. The maximum atomic E-state index is 13.3. The quantitative estimate of drug-likeness (QED) is 0.613. The molecule has 1 aromatic heterocycles. The van der Waals surface area contributed by atoms with Crippen LogP contribution in [0.15, 0.2) is 47.4 Å². The van der Waals surface area contributed by atoms with Crippen molar-refractivity contribution in [2.75, 3.05) is 11.4 Å². The van der Waals surface area contributed by atoms with Crippen LogP contribution in [0.4, 0.5) is 5.69 Å². The molecule has 1 N–H and O–H groups in total. The van der Waals surface area contributed by atoms with E-state index in [0.29, 0.717) is 17.6 Å². The van der Waals surface area contributed by atoms with Crippen LogP contribution in [-0.4, -0.2) is 35.7 Å². The number of rotatable bonds is 5. The molecule has 3 aromatic rings. The molecule has 0 bridgehead atoms. The number of nitrogens with one attached hydrogen (secondary N) is 1. The van der Waals surface area contributed by atoms with Crippen molar-refractivity contribution >= 4 is 44.4 Å². The first-order valence-electron chi connectivity index (χ1n) is 11.1. The molecular formula is C23H26N4O3S2. The Hall–Kier alpha value is -2.36. The van der Waals surface area contributed by atoms with Gasteiger partial charge in [-0.15, -0.1) is 0 Å². The van der Waals surface area contributed by atoms with Gasteiger partial charge in [-0.2, -0.15) is 8.75 Å². The van der Waals surface area contributed by atoms with Crippen molar-refractivity contribution in [3.8, 4) is 0 Å². The van der Waals surface area contributed by atoms with Crippen LogP contribution in [0, 0.1) is 11.8 Å². The lowest BCUT2D eigenvalue weighted by molar-refractivity contribution is -0.123. The molecular weight excluding hydrogens is 444 g/mol. The van der Waals surface area contributed by atoms with Gasteiger partial charge in [0.05, 0.1) is 11.7 Å². The molecule has 5 rings (SSSR count). The molecule has 0 radical (unpaired) electrons. The van der Waals surface area contributed by atoms with E-state index < -0.39 is 10.0 Å². The van der Waals surface area contributed by atoms with Gasteiger partial charge in [-0.3, -0.25) is 4.79 Å². The average Bonchev–Trinajstić information content (AvgIpc) is 3.41. The van der Waals surface area contributed by atoms with E-state index >= 15 is 0 Å². The highest BCUT2D eigenvalue weighted by Gasteiger charge is 2.36. The number of benzene rings is 2. The molecule has 32 heavy (non-hydrogen) atoms. The summed E-state index contributed by atoms with van der Waals surface area (Å²) in [6, 6.07) is 13.4. The fourth-order valence-corrected chi connectivity index (χ4v) is 6.90. The van der Waals surface area contributed by atoms with Gasteiger partial charge in [-0.25, -0.2) is 13.1 Å². The van der Waals surface area contributed by atoms with E-state index in [2.05, 4.69) is 26.5 Å². The third-order valence-electron chi connectivity index (χ3n) is 6.74. The maximum Gasteiger partial charge on any atom is 0.242 e. The molecule has 1 aliphatic carbocycles. The van der Waals surface area contributed by atoms with Crippen molar-refractivity contribution in [2.24, 2.45) is 11.8 Å². The maximum absolute atomic E-state index is 13.3. The van der Waals surface area contributed by atoms with E-state index in [1.807, 2.05) is 23.1 Å². The summed E-state index contributed by atoms with van der Waals surface area (Å²) in [6.07, 6.45) is 4.17. The van der Waals surface area contributed by atoms with Crippen LogP contribution in [0.2, 0.25) is 0 Å². The van der Waals surface area contributed by atoms with Crippen molar-refractivity contribution in [1.29, 1.82) is 0 Å². The van der Waals surface area contributed by atoms with Gasteiger partial charge in [0.1, 0.15) is 15.9 Å². The van der Waals surface area contributed by atoms with E-state index in [1.54, 1.807) is 18.2 Å². The summed E-state index contributed by atoms with van der Waals surface area (Å²) in [4.78, 5) is 15.4. The Kier molecular flexibility index (Phi) is 5.73. The lowest BCUT2D eigenvalue weighted by atomic mass is 9.81. The second-order valence-electron chi connectivity index (χ2n) is 8.85. The molecule has 0 saturated heterocycles. The lowest BCUT2D eigenvalue weighted by Crippen LogP contribution is -2.42. The predicted molar refractivity (Wildman–Crippen MR) is 125 cm³/mol. The van der Waals surface area contributed by atoms with E-state index in [9.17, 15) is 13.2 Å². The molecule has 2 aliphatic rings. The minimum absolute atomic E-state index is 0.00583. The minimum atomic E-state index is -3.66. The predicted octanol–water partition coefficient (Wildman–Crippen LogP) is 3.75. The van der Waals surface area contributed by atoms with Crippen LogP contribution < -0.4 is 9.62 Å². The van der Waals surface area contributed by atoms with Crippen molar-refractivity contribution in [3.63, 3.8) is 0 Å². The average molecular weight is 471 g/mol. The van der Waals surface area contributed by atoms with Crippen molar-refractivity contribution in [1.82, 2.24) is 13.5 Å². The first-order valence-corrected chi connectivity index (χ1v) is 13.3. The van der Waals surface area contributed by atoms with Gasteiger partial charge in [-0.1, -0.05) is 24.3 Å². The van der Waals surface area contributed by atoms with Crippen LogP contribution in [0.25, 0.3) is 11.0 Å². The van der Waals surface area contributed by atoms with Gasteiger partial charge < -0.3 is 4.90 Å². The third kappa shape index (κ3) is 3.93. The summed E-state index contributed by atoms with van der Waals surface area (Å²) in [7, 11) is -3.66. The highest BCUT2D eigenvalue weighted by molar-refractivity contribution is 7.89. The van der Waals surface area contributed by atoms with Gasteiger partial charge in [-0.05, 0) is 68.7 Å². The summed E-state index contributed by atoms with van der Waals surface area (Å²) >= 11 is 1.01. The zero-order valence-electron chi connectivity index (χ0n) is 17.9.